The molecule has 0 fully saturated rings. The highest BCUT2D eigenvalue weighted by Gasteiger charge is 2.07. The Morgan fingerprint density at radius 1 is 1.29 bits per heavy atom. The van der Waals surface area contributed by atoms with Gasteiger partial charge in [0.15, 0.2) is 0 Å². The molecule has 0 saturated carbocycles. The molecule has 1 rings (SSSR count). The predicted octanol–water partition coefficient (Wildman–Crippen LogP) is 3.39. The van der Waals surface area contributed by atoms with Crippen LogP contribution in [0.2, 0.25) is 0 Å². The number of hydrogen-bond donors (Lipinski definition) is 0. The van der Waals surface area contributed by atoms with Gasteiger partial charge in [-0.3, -0.25) is 0 Å². The molecule has 0 bridgehead atoms. The van der Waals surface area contributed by atoms with Crippen molar-refractivity contribution in [3.8, 4) is 5.75 Å². The number of unbranched alkanes of at least 4 members (excludes halogenated alkanes) is 1. The molecule has 1 aromatic carbocycles. The zero-order valence-electron chi connectivity index (χ0n) is 8.48. The number of hydrogen-bond acceptors (Lipinski definition) is 2. The molecule has 0 aliphatic rings. The highest BCUT2D eigenvalue weighted by Crippen LogP contribution is 2.16. The van der Waals surface area contributed by atoms with Crippen LogP contribution in [0.15, 0.2) is 30.3 Å². The second-order valence-corrected chi connectivity index (χ2v) is 3.41. The van der Waals surface area contributed by atoms with E-state index in [2.05, 4.69) is 16.4 Å². The molecule has 14 heavy (non-hydrogen) atoms. The Bertz CT molecular complexity index is 238. The highest BCUT2D eigenvalue weighted by atomic mass is 31.0. The largest absolute Gasteiger partial charge is 0.465 e. The summed E-state index contributed by atoms with van der Waals surface area (Å²) in [6.45, 7) is 2.16. The van der Waals surface area contributed by atoms with Crippen molar-refractivity contribution in [1.82, 2.24) is 0 Å². The van der Waals surface area contributed by atoms with E-state index in [9.17, 15) is 0 Å². The van der Waals surface area contributed by atoms with Crippen LogP contribution in [0.25, 0.3) is 0 Å². The van der Waals surface area contributed by atoms with Gasteiger partial charge in [-0.1, -0.05) is 31.5 Å². The van der Waals surface area contributed by atoms with E-state index in [4.69, 9.17) is 9.26 Å². The Hall–Kier alpha value is -0.590. The van der Waals surface area contributed by atoms with Gasteiger partial charge >= 0.3 is 0 Å². The molecule has 0 aliphatic carbocycles. The predicted molar refractivity (Wildman–Crippen MR) is 61.2 cm³/mol. The fourth-order valence-electron chi connectivity index (χ4n) is 1.18. The van der Waals surface area contributed by atoms with Crippen LogP contribution in [0.4, 0.5) is 0 Å². The summed E-state index contributed by atoms with van der Waals surface area (Å²) in [5.41, 5.74) is 0. The Morgan fingerprint density at radius 2 is 2.00 bits per heavy atom. The number of benzene rings is 1. The molecule has 2 nitrogen and oxygen atoms in total. The maximum atomic E-state index is 5.62. The lowest BCUT2D eigenvalue weighted by atomic mass is 10.2. The topological polar surface area (TPSA) is 18.5 Å². The van der Waals surface area contributed by atoms with Crippen LogP contribution in [0.3, 0.4) is 0 Å². The molecule has 2 atom stereocenters. The third-order valence-electron chi connectivity index (χ3n) is 1.96. The number of ether oxygens (including phenoxy) is 1. The first-order chi connectivity index (χ1) is 6.86. The molecule has 0 amide bonds. The maximum Gasteiger partial charge on any atom is 0.202 e. The van der Waals surface area contributed by atoms with Gasteiger partial charge in [0.05, 0.1) is 0 Å². The van der Waals surface area contributed by atoms with Gasteiger partial charge in [-0.25, -0.2) is 0 Å². The minimum absolute atomic E-state index is 0.151. The van der Waals surface area contributed by atoms with Crippen LogP contribution in [-0.4, -0.2) is 6.29 Å². The first kappa shape index (κ1) is 11.5. The minimum atomic E-state index is -0.151. The Labute approximate surface area is 87.9 Å². The van der Waals surface area contributed by atoms with Gasteiger partial charge in [0.1, 0.15) is 5.75 Å². The van der Waals surface area contributed by atoms with Gasteiger partial charge in [-0.15, -0.1) is 0 Å². The standard InChI is InChI=1S/C11H17O2P/c1-2-3-9-11(13-14)12-10-7-5-4-6-8-10/h4-8,11H,2-3,9,14H2,1H3. The van der Waals surface area contributed by atoms with E-state index in [0.717, 1.165) is 25.0 Å². The molecule has 0 radical (unpaired) electrons. The molecular weight excluding hydrogens is 195 g/mol. The minimum Gasteiger partial charge on any atom is -0.465 e. The van der Waals surface area contributed by atoms with Gasteiger partial charge in [-0.2, -0.15) is 0 Å². The molecule has 3 heteroatoms. The molecular formula is C11H17O2P. The summed E-state index contributed by atoms with van der Waals surface area (Å²) in [6, 6.07) is 9.74. The smallest absolute Gasteiger partial charge is 0.202 e. The van der Waals surface area contributed by atoms with Crippen molar-refractivity contribution in [2.24, 2.45) is 0 Å². The Morgan fingerprint density at radius 3 is 2.57 bits per heavy atom. The van der Waals surface area contributed by atoms with Gasteiger partial charge in [0.2, 0.25) is 6.29 Å². The van der Waals surface area contributed by atoms with Crippen LogP contribution >= 0.6 is 9.47 Å². The van der Waals surface area contributed by atoms with Crippen molar-refractivity contribution in [3.63, 3.8) is 0 Å². The monoisotopic (exact) mass is 212 g/mol. The molecule has 0 aromatic heterocycles. The summed E-state index contributed by atoms with van der Waals surface area (Å²) in [4.78, 5) is 0. The highest BCUT2D eigenvalue weighted by molar-refractivity contribution is 7.09. The van der Waals surface area contributed by atoms with Gasteiger partial charge in [0.25, 0.3) is 0 Å². The Balaban J connectivity index is 2.40. The molecule has 78 valence electrons. The fourth-order valence-corrected chi connectivity index (χ4v) is 1.37. The average molecular weight is 212 g/mol. The van der Waals surface area contributed by atoms with Gasteiger partial charge in [0, 0.05) is 15.9 Å². The lowest BCUT2D eigenvalue weighted by Crippen LogP contribution is -2.16. The van der Waals surface area contributed by atoms with Crippen molar-refractivity contribution in [2.45, 2.75) is 32.5 Å². The first-order valence-electron chi connectivity index (χ1n) is 4.94. The lowest BCUT2D eigenvalue weighted by Gasteiger charge is -2.16. The van der Waals surface area contributed by atoms with E-state index in [1.807, 2.05) is 30.3 Å². The van der Waals surface area contributed by atoms with Crippen molar-refractivity contribution < 1.29 is 9.26 Å². The quantitative estimate of drug-likeness (QED) is 0.531. The second-order valence-electron chi connectivity index (χ2n) is 3.14. The van der Waals surface area contributed by atoms with Crippen LogP contribution in [0.5, 0.6) is 5.75 Å². The van der Waals surface area contributed by atoms with Crippen molar-refractivity contribution in [3.05, 3.63) is 30.3 Å². The molecule has 0 spiro atoms. The summed E-state index contributed by atoms with van der Waals surface area (Å²) in [6.07, 6.45) is 3.05. The van der Waals surface area contributed by atoms with E-state index in [1.54, 1.807) is 0 Å². The molecule has 1 aromatic rings. The molecule has 2 unspecified atom stereocenters. The van der Waals surface area contributed by atoms with Crippen LogP contribution in [0.1, 0.15) is 26.2 Å². The molecule has 0 N–H and O–H groups in total. The normalized spacial score (nSPS) is 12.4. The summed E-state index contributed by atoms with van der Waals surface area (Å²) in [7, 11) is 2.26. The third-order valence-corrected chi connectivity index (χ3v) is 2.26. The first-order valence-corrected chi connectivity index (χ1v) is 5.41. The summed E-state index contributed by atoms with van der Waals surface area (Å²) in [5.74, 6) is 0.857. The summed E-state index contributed by atoms with van der Waals surface area (Å²) >= 11 is 0. The SMILES string of the molecule is CCCCC(OP)Oc1ccccc1. The zero-order valence-corrected chi connectivity index (χ0v) is 9.63. The number of para-hydroxylation sites is 1. The van der Waals surface area contributed by atoms with Crippen LogP contribution in [-0.2, 0) is 4.52 Å². The lowest BCUT2D eigenvalue weighted by molar-refractivity contribution is 0.0131. The average Bonchev–Trinajstić information content (AvgIpc) is 2.25. The third kappa shape index (κ3) is 4.08. The van der Waals surface area contributed by atoms with Crippen molar-refractivity contribution in [2.75, 3.05) is 0 Å². The number of rotatable bonds is 6. The molecule has 0 saturated heterocycles. The second kappa shape index (κ2) is 6.80. The summed E-state index contributed by atoms with van der Waals surface area (Å²) in [5, 5.41) is 0. The van der Waals surface area contributed by atoms with Crippen molar-refractivity contribution in [1.29, 1.82) is 0 Å². The maximum absolute atomic E-state index is 5.62. The van der Waals surface area contributed by atoms with Gasteiger partial charge in [-0.05, 0) is 18.6 Å². The van der Waals surface area contributed by atoms with Crippen molar-refractivity contribution >= 4 is 9.47 Å². The van der Waals surface area contributed by atoms with E-state index < -0.39 is 0 Å². The van der Waals surface area contributed by atoms with Gasteiger partial charge < -0.3 is 9.26 Å². The van der Waals surface area contributed by atoms with E-state index in [-0.39, 0.29) is 6.29 Å². The fraction of sp³-hybridized carbons (Fsp3) is 0.455. The van der Waals surface area contributed by atoms with E-state index in [1.165, 1.54) is 0 Å². The molecule has 0 aliphatic heterocycles. The van der Waals surface area contributed by atoms with Crippen LogP contribution < -0.4 is 4.74 Å². The van der Waals surface area contributed by atoms with E-state index in [0.29, 0.717) is 0 Å². The Kier molecular flexibility index (Phi) is 5.58. The van der Waals surface area contributed by atoms with Crippen LogP contribution in [0, 0.1) is 0 Å². The molecule has 0 heterocycles. The summed E-state index contributed by atoms with van der Waals surface area (Å²) < 4.78 is 10.8. The zero-order chi connectivity index (χ0) is 10.2. The van der Waals surface area contributed by atoms with E-state index >= 15 is 0 Å².